The van der Waals surface area contributed by atoms with Crippen LogP contribution in [0.3, 0.4) is 0 Å². The number of ketones is 2. The van der Waals surface area contributed by atoms with E-state index in [-0.39, 0.29) is 44.2 Å². The van der Waals surface area contributed by atoms with Crippen LogP contribution in [0, 0.1) is 35.8 Å². The molecule has 0 amide bonds. The summed E-state index contributed by atoms with van der Waals surface area (Å²) in [5, 5.41) is 20.1. The molecule has 3 aromatic carbocycles. The Kier molecular flexibility index (Phi) is 7.42. The predicted molar refractivity (Wildman–Crippen MR) is 210 cm³/mol. The molecule has 4 heterocycles. The zero-order chi connectivity index (χ0) is 39.3. The van der Waals surface area contributed by atoms with Gasteiger partial charge in [0, 0.05) is 33.4 Å². The first-order valence-corrected chi connectivity index (χ1v) is 18.6. The van der Waals surface area contributed by atoms with Crippen molar-refractivity contribution in [1.82, 2.24) is 9.97 Å². The SMILES string of the molecule is [C-]#[N+]C(C#N)=C1C(=Nc2nc3c(s2)-c2cc4c(cc2OC3(C)C)-c2sc(N=C3C(=O)c5ccccc5/C3=C(/C#N)[N+]#[C-])nc2C(C)(C)O4)C(=O)c2ccccc21. The third-order valence-electron chi connectivity index (χ3n) is 9.78. The van der Waals surface area contributed by atoms with E-state index in [4.69, 9.17) is 32.6 Å². The highest BCUT2D eigenvalue weighted by Gasteiger charge is 2.43. The van der Waals surface area contributed by atoms with Gasteiger partial charge in [-0.05, 0) is 51.0 Å². The molecule has 0 fully saturated rings. The Hall–Kier alpha value is -7.36. The Morgan fingerprint density at radius 2 is 1.04 bits per heavy atom. The summed E-state index contributed by atoms with van der Waals surface area (Å²) >= 11 is 2.52. The van der Waals surface area contributed by atoms with E-state index in [9.17, 15) is 20.1 Å². The van der Waals surface area contributed by atoms with E-state index in [1.165, 1.54) is 22.7 Å². The van der Waals surface area contributed by atoms with Gasteiger partial charge in [-0.3, -0.25) is 9.59 Å². The Bertz CT molecular complexity index is 2790. The highest BCUT2D eigenvalue weighted by Crippen LogP contribution is 2.56. The molecule has 2 aliphatic carbocycles. The molecule has 0 N–H and O–H groups in total. The molecular weight excluding hydrogens is 745 g/mol. The molecule has 14 heteroatoms. The Morgan fingerprint density at radius 1 is 0.661 bits per heavy atom. The van der Waals surface area contributed by atoms with Gasteiger partial charge in [-0.2, -0.15) is 0 Å². The van der Waals surface area contributed by atoms with Crippen LogP contribution in [0.2, 0.25) is 0 Å². The van der Waals surface area contributed by atoms with Crippen molar-refractivity contribution in [3.05, 3.63) is 129 Å². The second-order valence-electron chi connectivity index (χ2n) is 14.0. The van der Waals surface area contributed by atoms with Gasteiger partial charge in [0.2, 0.25) is 21.8 Å². The molecular formula is C42H22N8O4S2. The second kappa shape index (κ2) is 12.1. The molecule has 9 rings (SSSR count). The minimum Gasteiger partial charge on any atom is -0.481 e. The van der Waals surface area contributed by atoms with E-state index in [1.807, 2.05) is 52.0 Å². The van der Waals surface area contributed by atoms with Gasteiger partial charge in [0.25, 0.3) is 11.4 Å². The molecule has 56 heavy (non-hydrogen) atoms. The van der Waals surface area contributed by atoms with Crippen LogP contribution in [0.4, 0.5) is 10.3 Å². The Labute approximate surface area is 327 Å². The quantitative estimate of drug-likeness (QED) is 0.127. The summed E-state index contributed by atoms with van der Waals surface area (Å²) in [6.45, 7) is 22.7. The van der Waals surface area contributed by atoms with Crippen LogP contribution in [0.25, 0.3) is 41.7 Å². The first kappa shape index (κ1) is 34.4. The maximum Gasteiger partial charge on any atom is 0.271 e. The first-order chi connectivity index (χ1) is 26.9. The molecule has 0 bridgehead atoms. The fraction of sp³-hybridized carbons (Fsp3) is 0.143. The normalized spacial score (nSPS) is 19.4. The number of ether oxygens (including phenoxy) is 2. The smallest absolute Gasteiger partial charge is 0.271 e. The molecule has 12 nitrogen and oxygen atoms in total. The van der Waals surface area contributed by atoms with Crippen molar-refractivity contribution >= 4 is 67.1 Å². The summed E-state index contributed by atoms with van der Waals surface area (Å²) in [5.74, 6) is 0.312. The number of thiazole rings is 2. The molecule has 0 saturated carbocycles. The van der Waals surface area contributed by atoms with Crippen molar-refractivity contribution in [2.75, 3.05) is 0 Å². The minimum atomic E-state index is -0.925. The Morgan fingerprint density at radius 3 is 1.39 bits per heavy atom. The largest absolute Gasteiger partial charge is 0.481 e. The molecule has 0 saturated heterocycles. The highest BCUT2D eigenvalue weighted by atomic mass is 32.1. The van der Waals surface area contributed by atoms with Gasteiger partial charge in [-0.25, -0.2) is 40.2 Å². The average Bonchev–Trinajstić information content (AvgIpc) is 3.94. The molecule has 266 valence electrons. The van der Waals surface area contributed by atoms with Crippen molar-refractivity contribution in [2.24, 2.45) is 9.98 Å². The zero-order valence-corrected chi connectivity index (χ0v) is 31.4. The molecule has 0 atom stereocenters. The van der Waals surface area contributed by atoms with Gasteiger partial charge in [0.1, 0.15) is 45.5 Å². The minimum absolute atomic E-state index is 0.0137. The number of hydrogen-bond acceptors (Lipinski definition) is 12. The summed E-state index contributed by atoms with van der Waals surface area (Å²) < 4.78 is 13.2. The van der Waals surface area contributed by atoms with E-state index in [0.717, 1.165) is 9.75 Å². The maximum atomic E-state index is 13.6. The number of aromatic nitrogens is 2. The van der Waals surface area contributed by atoms with Gasteiger partial charge < -0.3 is 9.47 Å². The number of rotatable bonds is 2. The van der Waals surface area contributed by atoms with Crippen LogP contribution in [0.5, 0.6) is 11.5 Å². The molecule has 5 aromatic rings. The topological polar surface area (TPSA) is 159 Å². The number of Topliss-reactive ketones (excluding diaryl/α,β-unsaturated/α-hetero) is 2. The standard InChI is InChI=1S/C42H22N8O4S2/c1-41(2)37-35(55-39(49-37)47-31-29(25(17-43)45-5)19-11-7-9-13-21(19)33(31)51)23-16-28-24(15-27(23)53-41)36-38(42(3,4)54-28)50-40(56-36)48-32-30(26(18-44)46-6)20-12-8-10-14-22(20)34(32)52/h7-16H,1-4H3/b29-25+,30-26?,47-31?,48-32?. The fourth-order valence-electron chi connectivity index (χ4n) is 7.32. The third kappa shape index (κ3) is 4.91. The van der Waals surface area contributed by atoms with Crippen molar-refractivity contribution in [1.29, 1.82) is 10.5 Å². The lowest BCUT2D eigenvalue weighted by Gasteiger charge is -2.35. The van der Waals surface area contributed by atoms with E-state index in [2.05, 4.69) is 19.7 Å². The van der Waals surface area contributed by atoms with Gasteiger partial charge in [-0.15, -0.1) is 0 Å². The molecule has 4 aliphatic rings. The number of nitrogens with zero attached hydrogens (tertiary/aromatic N) is 8. The van der Waals surface area contributed by atoms with E-state index < -0.39 is 22.8 Å². The third-order valence-corrected chi connectivity index (χ3v) is 11.7. The maximum absolute atomic E-state index is 13.6. The first-order valence-electron chi connectivity index (χ1n) is 17.0. The lowest BCUT2D eigenvalue weighted by Crippen LogP contribution is -2.31. The number of hydrogen-bond donors (Lipinski definition) is 0. The number of carbonyl (C=O) groups is 2. The summed E-state index contributed by atoms with van der Waals surface area (Å²) in [4.78, 5) is 54.5. The Balaban J connectivity index is 1.16. The number of nitriles is 2. The van der Waals surface area contributed by atoms with Crippen LogP contribution in [0.15, 0.2) is 82.0 Å². The number of aliphatic imine (C=N–C) groups is 2. The summed E-state index contributed by atoms with van der Waals surface area (Å²) in [7, 11) is 0. The molecule has 0 unspecified atom stereocenters. The number of allylic oxidation sites excluding steroid dienone is 4. The highest BCUT2D eigenvalue weighted by molar-refractivity contribution is 7.19. The van der Waals surface area contributed by atoms with E-state index >= 15 is 0 Å². The average molecular weight is 767 g/mol. The molecule has 0 radical (unpaired) electrons. The van der Waals surface area contributed by atoms with E-state index in [1.54, 1.807) is 48.5 Å². The van der Waals surface area contributed by atoms with Gasteiger partial charge in [0.15, 0.2) is 0 Å². The second-order valence-corrected chi connectivity index (χ2v) is 15.9. The van der Waals surface area contributed by atoms with Crippen molar-refractivity contribution in [3.63, 3.8) is 0 Å². The van der Waals surface area contributed by atoms with Crippen LogP contribution >= 0.6 is 22.7 Å². The van der Waals surface area contributed by atoms with Crippen molar-refractivity contribution in [3.8, 4) is 44.5 Å². The van der Waals surface area contributed by atoms with Crippen LogP contribution in [-0.4, -0.2) is 33.0 Å². The summed E-state index contributed by atoms with van der Waals surface area (Å²) in [6.07, 6.45) is 0. The monoisotopic (exact) mass is 766 g/mol. The zero-order valence-electron chi connectivity index (χ0n) is 29.8. The molecule has 2 aromatic heterocycles. The lowest BCUT2D eigenvalue weighted by molar-refractivity contribution is 0.0957. The van der Waals surface area contributed by atoms with Gasteiger partial charge >= 0.3 is 0 Å². The number of fused-ring (bicyclic) bond motifs is 8. The number of benzene rings is 3. The lowest BCUT2D eigenvalue weighted by atomic mass is 9.92. The summed E-state index contributed by atoms with van der Waals surface area (Å²) in [5.41, 5.74) is 2.34. The fourth-order valence-corrected chi connectivity index (χ4v) is 9.55. The van der Waals surface area contributed by atoms with Crippen molar-refractivity contribution < 1.29 is 19.1 Å². The van der Waals surface area contributed by atoms with Gasteiger partial charge in [0.05, 0.1) is 35.0 Å². The summed E-state index contributed by atoms with van der Waals surface area (Å²) in [6, 6.07) is 21.2. The van der Waals surface area contributed by atoms with Crippen LogP contribution in [-0.2, 0) is 11.2 Å². The van der Waals surface area contributed by atoms with Crippen LogP contribution in [0.1, 0.15) is 70.9 Å². The van der Waals surface area contributed by atoms with Crippen LogP contribution < -0.4 is 9.47 Å². The van der Waals surface area contributed by atoms with Gasteiger partial charge in [-0.1, -0.05) is 71.2 Å². The molecule has 0 spiro atoms. The van der Waals surface area contributed by atoms with E-state index in [0.29, 0.717) is 56.3 Å². The predicted octanol–water partition coefficient (Wildman–Crippen LogP) is 9.43. The van der Waals surface area contributed by atoms with Crippen molar-refractivity contribution in [2.45, 2.75) is 38.9 Å². The number of carbonyl (C=O) groups excluding carboxylic acids is 2. The molecule has 2 aliphatic heterocycles.